The molecule has 0 N–H and O–H groups in total. The van der Waals surface area contributed by atoms with Crippen molar-refractivity contribution in [1.29, 1.82) is 0 Å². The number of hydrogen-bond acceptors (Lipinski definition) is 2. The van der Waals surface area contributed by atoms with Crippen molar-refractivity contribution in [3.8, 4) is 0 Å². The van der Waals surface area contributed by atoms with Crippen LogP contribution in [0.25, 0.3) is 0 Å². The molecule has 0 radical (unpaired) electrons. The minimum atomic E-state index is 0.382. The van der Waals surface area contributed by atoms with Crippen LogP contribution in [0.1, 0.15) is 46.0 Å². The number of rotatable bonds is 3. The molecule has 1 aliphatic carbocycles. The standard InChI is InChI=1S/C13H25NO/c1-11(2)15-10-13-7-4-6-12(13)14(3)9-5-8-13/h11-12H,4-10H2,1-3H3/t12-,13+/m1/s1. The van der Waals surface area contributed by atoms with E-state index in [2.05, 4.69) is 25.8 Å². The Balaban J connectivity index is 2.02. The van der Waals surface area contributed by atoms with Gasteiger partial charge in [0.1, 0.15) is 0 Å². The molecule has 2 heteroatoms. The van der Waals surface area contributed by atoms with Crippen molar-refractivity contribution in [2.75, 3.05) is 20.2 Å². The first kappa shape index (κ1) is 11.4. The monoisotopic (exact) mass is 211 g/mol. The molecule has 1 heterocycles. The van der Waals surface area contributed by atoms with Crippen LogP contribution < -0.4 is 0 Å². The highest BCUT2D eigenvalue weighted by atomic mass is 16.5. The fourth-order valence-electron chi connectivity index (χ4n) is 3.51. The highest BCUT2D eigenvalue weighted by Gasteiger charge is 2.46. The maximum Gasteiger partial charge on any atom is 0.0540 e. The third-order valence-corrected chi connectivity index (χ3v) is 4.28. The zero-order valence-electron chi connectivity index (χ0n) is 10.5. The molecule has 0 unspecified atom stereocenters. The molecule has 1 saturated carbocycles. The predicted octanol–water partition coefficient (Wildman–Crippen LogP) is 2.68. The van der Waals surface area contributed by atoms with Crippen molar-refractivity contribution in [2.45, 2.75) is 58.1 Å². The van der Waals surface area contributed by atoms with Crippen molar-refractivity contribution < 1.29 is 4.74 Å². The molecule has 0 aromatic heterocycles. The summed E-state index contributed by atoms with van der Waals surface area (Å²) >= 11 is 0. The summed E-state index contributed by atoms with van der Waals surface area (Å²) in [6.07, 6.45) is 7.29. The van der Waals surface area contributed by atoms with Gasteiger partial charge in [0.05, 0.1) is 12.7 Å². The average molecular weight is 211 g/mol. The van der Waals surface area contributed by atoms with Crippen LogP contribution in [-0.4, -0.2) is 37.2 Å². The normalized spacial score (nSPS) is 37.2. The second kappa shape index (κ2) is 4.42. The molecule has 15 heavy (non-hydrogen) atoms. The van der Waals surface area contributed by atoms with Crippen LogP contribution in [0.2, 0.25) is 0 Å². The Kier molecular flexibility index (Phi) is 3.36. The summed E-state index contributed by atoms with van der Waals surface area (Å²) < 4.78 is 5.91. The fraction of sp³-hybridized carbons (Fsp3) is 1.00. The van der Waals surface area contributed by atoms with Gasteiger partial charge in [-0.2, -0.15) is 0 Å². The summed E-state index contributed by atoms with van der Waals surface area (Å²) in [4.78, 5) is 2.57. The SMILES string of the molecule is CC(C)OC[C@@]12CCC[C@H]1N(C)CCC2. The average Bonchev–Trinajstić information content (AvgIpc) is 2.61. The molecule has 0 spiro atoms. The molecule has 2 aliphatic rings. The number of ether oxygens (including phenoxy) is 1. The Morgan fingerprint density at radius 1 is 1.33 bits per heavy atom. The topological polar surface area (TPSA) is 12.5 Å². The van der Waals surface area contributed by atoms with Crippen molar-refractivity contribution >= 4 is 0 Å². The van der Waals surface area contributed by atoms with Gasteiger partial charge in [0.25, 0.3) is 0 Å². The molecule has 88 valence electrons. The van der Waals surface area contributed by atoms with Gasteiger partial charge in [-0.15, -0.1) is 0 Å². The fourth-order valence-corrected chi connectivity index (χ4v) is 3.51. The van der Waals surface area contributed by atoms with E-state index in [1.54, 1.807) is 0 Å². The van der Waals surface area contributed by atoms with Gasteiger partial charge in [0, 0.05) is 11.5 Å². The summed E-state index contributed by atoms with van der Waals surface area (Å²) in [5, 5.41) is 0. The zero-order chi connectivity index (χ0) is 10.9. The second-order valence-electron chi connectivity index (χ2n) is 5.71. The van der Waals surface area contributed by atoms with Crippen LogP contribution in [0.4, 0.5) is 0 Å². The summed E-state index contributed by atoms with van der Waals surface area (Å²) in [7, 11) is 2.29. The minimum Gasteiger partial charge on any atom is -0.378 e. The van der Waals surface area contributed by atoms with E-state index in [1.807, 2.05) is 0 Å². The Bertz CT molecular complexity index is 217. The Morgan fingerprint density at radius 3 is 2.80 bits per heavy atom. The number of hydrogen-bond donors (Lipinski definition) is 0. The van der Waals surface area contributed by atoms with E-state index in [9.17, 15) is 0 Å². The van der Waals surface area contributed by atoms with E-state index in [1.165, 1.54) is 38.6 Å². The first-order valence-electron chi connectivity index (χ1n) is 6.46. The van der Waals surface area contributed by atoms with Gasteiger partial charge in [0.15, 0.2) is 0 Å². The molecular formula is C13H25NO. The van der Waals surface area contributed by atoms with Gasteiger partial charge in [-0.25, -0.2) is 0 Å². The minimum absolute atomic E-state index is 0.382. The molecule has 0 aromatic rings. The zero-order valence-corrected chi connectivity index (χ0v) is 10.5. The lowest BCUT2D eigenvalue weighted by atomic mass is 9.76. The van der Waals surface area contributed by atoms with Crippen LogP contribution in [-0.2, 0) is 4.74 Å². The quantitative estimate of drug-likeness (QED) is 0.711. The van der Waals surface area contributed by atoms with E-state index in [4.69, 9.17) is 4.74 Å². The number of nitrogens with zero attached hydrogens (tertiary/aromatic N) is 1. The van der Waals surface area contributed by atoms with E-state index in [-0.39, 0.29) is 0 Å². The van der Waals surface area contributed by atoms with E-state index >= 15 is 0 Å². The third kappa shape index (κ3) is 2.21. The van der Waals surface area contributed by atoms with Gasteiger partial charge in [-0.05, 0) is 53.1 Å². The summed E-state index contributed by atoms with van der Waals surface area (Å²) in [5.41, 5.74) is 0.497. The summed E-state index contributed by atoms with van der Waals surface area (Å²) in [5.74, 6) is 0. The van der Waals surface area contributed by atoms with Gasteiger partial charge >= 0.3 is 0 Å². The van der Waals surface area contributed by atoms with Gasteiger partial charge < -0.3 is 9.64 Å². The van der Waals surface area contributed by atoms with Crippen LogP contribution in [0.5, 0.6) is 0 Å². The first-order valence-corrected chi connectivity index (χ1v) is 6.46. The first-order chi connectivity index (χ1) is 7.14. The highest BCUT2D eigenvalue weighted by molar-refractivity contribution is 4.99. The molecule has 1 aliphatic heterocycles. The Hall–Kier alpha value is -0.0800. The summed E-state index contributed by atoms with van der Waals surface area (Å²) in [6, 6.07) is 0.796. The van der Waals surface area contributed by atoms with Gasteiger partial charge in [0.2, 0.25) is 0 Å². The van der Waals surface area contributed by atoms with Crippen LogP contribution in [0.15, 0.2) is 0 Å². The third-order valence-electron chi connectivity index (χ3n) is 4.28. The van der Waals surface area contributed by atoms with Crippen LogP contribution in [0, 0.1) is 5.41 Å². The van der Waals surface area contributed by atoms with Gasteiger partial charge in [-0.1, -0.05) is 6.42 Å². The molecule has 2 fully saturated rings. The van der Waals surface area contributed by atoms with E-state index in [0.717, 1.165) is 12.6 Å². The van der Waals surface area contributed by atoms with Crippen molar-refractivity contribution in [1.82, 2.24) is 4.90 Å². The van der Waals surface area contributed by atoms with Crippen LogP contribution in [0.3, 0.4) is 0 Å². The summed E-state index contributed by atoms with van der Waals surface area (Å²) in [6.45, 7) is 6.56. The van der Waals surface area contributed by atoms with Crippen molar-refractivity contribution in [3.63, 3.8) is 0 Å². The smallest absolute Gasteiger partial charge is 0.0540 e. The molecule has 2 atom stereocenters. The van der Waals surface area contributed by atoms with Crippen molar-refractivity contribution in [2.24, 2.45) is 5.41 Å². The lowest BCUT2D eigenvalue weighted by Crippen LogP contribution is -2.49. The molecule has 2 rings (SSSR count). The van der Waals surface area contributed by atoms with E-state index < -0.39 is 0 Å². The molecular weight excluding hydrogens is 186 g/mol. The van der Waals surface area contributed by atoms with Crippen molar-refractivity contribution in [3.05, 3.63) is 0 Å². The molecule has 0 amide bonds. The maximum absolute atomic E-state index is 5.91. The molecule has 0 aromatic carbocycles. The molecule has 0 bridgehead atoms. The number of likely N-dealkylation sites (tertiary alicyclic amines) is 1. The highest BCUT2D eigenvalue weighted by Crippen LogP contribution is 2.47. The van der Waals surface area contributed by atoms with E-state index in [0.29, 0.717) is 11.5 Å². The van der Waals surface area contributed by atoms with Crippen LogP contribution >= 0.6 is 0 Å². The maximum atomic E-state index is 5.91. The largest absolute Gasteiger partial charge is 0.378 e. The molecule has 1 saturated heterocycles. The Morgan fingerprint density at radius 2 is 2.07 bits per heavy atom. The predicted molar refractivity (Wildman–Crippen MR) is 63.0 cm³/mol. The molecule has 2 nitrogen and oxygen atoms in total. The van der Waals surface area contributed by atoms with Gasteiger partial charge in [-0.3, -0.25) is 0 Å². The Labute approximate surface area is 94.0 Å². The number of piperidine rings is 1. The lowest BCUT2D eigenvalue weighted by Gasteiger charge is -2.45. The number of fused-ring (bicyclic) bond motifs is 1. The lowest BCUT2D eigenvalue weighted by molar-refractivity contribution is -0.0462. The second-order valence-corrected chi connectivity index (χ2v) is 5.71.